The molecule has 0 radical (unpaired) electrons. The number of benzene rings is 1. The van der Waals surface area contributed by atoms with Crippen molar-refractivity contribution in [3.8, 4) is 0 Å². The van der Waals surface area contributed by atoms with Crippen molar-refractivity contribution in [1.82, 2.24) is 0 Å². The van der Waals surface area contributed by atoms with E-state index in [1.807, 2.05) is 0 Å². The summed E-state index contributed by atoms with van der Waals surface area (Å²) in [5.74, 6) is 0. The molecule has 7 heteroatoms. The third-order valence-corrected chi connectivity index (χ3v) is 2.70. The SMILES string of the molecule is Cl.NC[C@H](N)c1cc(C(F)(F)F)ccc1Br. The van der Waals surface area contributed by atoms with Crippen molar-refractivity contribution in [3.63, 3.8) is 0 Å². The van der Waals surface area contributed by atoms with Crippen molar-refractivity contribution < 1.29 is 13.2 Å². The molecule has 0 aliphatic rings. The molecule has 4 N–H and O–H groups in total. The fourth-order valence-corrected chi connectivity index (χ4v) is 1.67. The van der Waals surface area contributed by atoms with Crippen LogP contribution in [0, 0.1) is 0 Å². The van der Waals surface area contributed by atoms with Crippen molar-refractivity contribution in [1.29, 1.82) is 0 Å². The Balaban J connectivity index is 0.00000225. The van der Waals surface area contributed by atoms with Crippen LogP contribution in [0.3, 0.4) is 0 Å². The smallest absolute Gasteiger partial charge is 0.329 e. The van der Waals surface area contributed by atoms with Crippen LogP contribution in [0.15, 0.2) is 22.7 Å². The van der Waals surface area contributed by atoms with Crippen molar-refractivity contribution in [2.45, 2.75) is 12.2 Å². The molecule has 0 spiro atoms. The number of hydrogen-bond donors (Lipinski definition) is 2. The average Bonchev–Trinajstić information content (AvgIpc) is 2.15. The summed E-state index contributed by atoms with van der Waals surface area (Å²) in [5.41, 5.74) is 10.5. The lowest BCUT2D eigenvalue weighted by molar-refractivity contribution is -0.137. The first kappa shape index (κ1) is 15.7. The molecule has 0 aromatic heterocycles. The van der Waals surface area contributed by atoms with Gasteiger partial charge < -0.3 is 11.5 Å². The number of hydrogen-bond acceptors (Lipinski definition) is 2. The Kier molecular flexibility index (Phi) is 5.75. The van der Waals surface area contributed by atoms with Gasteiger partial charge in [0.25, 0.3) is 0 Å². The summed E-state index contributed by atoms with van der Waals surface area (Å²) in [7, 11) is 0. The average molecular weight is 320 g/mol. The van der Waals surface area contributed by atoms with E-state index >= 15 is 0 Å². The summed E-state index contributed by atoms with van der Waals surface area (Å²) in [6.45, 7) is 0.0971. The normalized spacial score (nSPS) is 13.1. The zero-order valence-electron chi connectivity index (χ0n) is 8.09. The van der Waals surface area contributed by atoms with Crippen LogP contribution in [0.2, 0.25) is 0 Å². The second-order valence-corrected chi connectivity index (χ2v) is 3.93. The number of halogens is 5. The quantitative estimate of drug-likeness (QED) is 0.880. The first-order chi connectivity index (χ1) is 6.86. The Morgan fingerprint density at radius 1 is 1.31 bits per heavy atom. The zero-order valence-corrected chi connectivity index (χ0v) is 10.5. The maximum absolute atomic E-state index is 12.4. The van der Waals surface area contributed by atoms with Crippen LogP contribution in [0.1, 0.15) is 17.2 Å². The number of rotatable bonds is 2. The van der Waals surface area contributed by atoms with Gasteiger partial charge in [-0.15, -0.1) is 12.4 Å². The molecule has 1 aromatic rings. The van der Waals surface area contributed by atoms with E-state index in [9.17, 15) is 13.2 Å². The molecule has 1 rings (SSSR count). The molecule has 0 unspecified atom stereocenters. The molecular formula is C9H11BrClF3N2. The maximum Gasteiger partial charge on any atom is 0.416 e. The molecule has 0 aliphatic carbocycles. The first-order valence-electron chi connectivity index (χ1n) is 4.18. The Hall–Kier alpha value is -0.300. The molecule has 0 aliphatic heterocycles. The highest BCUT2D eigenvalue weighted by atomic mass is 79.9. The van der Waals surface area contributed by atoms with E-state index in [1.54, 1.807) is 0 Å². The third-order valence-electron chi connectivity index (χ3n) is 1.98. The van der Waals surface area contributed by atoms with Gasteiger partial charge in [-0.05, 0) is 23.8 Å². The fourth-order valence-electron chi connectivity index (χ4n) is 1.13. The minimum Gasteiger partial charge on any atom is -0.329 e. The van der Waals surface area contributed by atoms with Crippen LogP contribution in [-0.4, -0.2) is 6.54 Å². The van der Waals surface area contributed by atoms with Crippen molar-refractivity contribution >= 4 is 28.3 Å². The standard InChI is InChI=1S/C9H10BrF3N2.ClH/c10-7-2-1-5(9(11,12)13)3-6(7)8(15)4-14;/h1-3,8H,4,14-15H2;1H/t8-;/m0./s1. The second kappa shape index (κ2) is 5.86. The molecule has 16 heavy (non-hydrogen) atoms. The molecule has 0 saturated carbocycles. The summed E-state index contributed by atoms with van der Waals surface area (Å²) in [6, 6.07) is 2.74. The molecule has 0 amide bonds. The van der Waals surface area contributed by atoms with Crippen LogP contribution < -0.4 is 11.5 Å². The molecule has 0 heterocycles. The molecule has 1 atom stereocenters. The second-order valence-electron chi connectivity index (χ2n) is 3.08. The van der Waals surface area contributed by atoms with Crippen molar-refractivity contribution in [3.05, 3.63) is 33.8 Å². The molecule has 1 aromatic carbocycles. The molecular weight excluding hydrogens is 308 g/mol. The van der Waals surface area contributed by atoms with E-state index in [-0.39, 0.29) is 19.0 Å². The zero-order chi connectivity index (χ0) is 11.6. The lowest BCUT2D eigenvalue weighted by Crippen LogP contribution is -2.21. The third kappa shape index (κ3) is 3.62. The molecule has 92 valence electrons. The molecule has 0 bridgehead atoms. The predicted molar refractivity (Wildman–Crippen MR) is 62.4 cm³/mol. The van der Waals surface area contributed by atoms with Gasteiger partial charge in [0.15, 0.2) is 0 Å². The predicted octanol–water partition coefficient (Wildman–Crippen LogP) is 2.85. The van der Waals surface area contributed by atoms with Crippen molar-refractivity contribution in [2.75, 3.05) is 6.54 Å². The van der Waals surface area contributed by atoms with Crippen molar-refractivity contribution in [2.24, 2.45) is 11.5 Å². The number of alkyl halides is 3. The topological polar surface area (TPSA) is 52.0 Å². The van der Waals surface area contributed by atoms with Crippen LogP contribution in [0.4, 0.5) is 13.2 Å². The van der Waals surface area contributed by atoms with E-state index < -0.39 is 17.8 Å². The maximum atomic E-state index is 12.4. The van der Waals surface area contributed by atoms with Gasteiger partial charge in [0.05, 0.1) is 5.56 Å². The van der Waals surface area contributed by atoms with E-state index in [2.05, 4.69) is 15.9 Å². The summed E-state index contributed by atoms with van der Waals surface area (Å²) in [6.07, 6.45) is -4.36. The van der Waals surface area contributed by atoms with E-state index in [1.165, 1.54) is 6.07 Å². The van der Waals surface area contributed by atoms with Gasteiger partial charge in [0, 0.05) is 17.1 Å². The Labute approximate surface area is 106 Å². The van der Waals surface area contributed by atoms with E-state index in [0.717, 1.165) is 12.1 Å². The molecule has 2 nitrogen and oxygen atoms in total. The van der Waals surface area contributed by atoms with Crippen LogP contribution in [0.25, 0.3) is 0 Å². The lowest BCUT2D eigenvalue weighted by Gasteiger charge is -2.14. The summed E-state index contributed by atoms with van der Waals surface area (Å²) in [4.78, 5) is 0. The Bertz CT molecular complexity index is 357. The van der Waals surface area contributed by atoms with Gasteiger partial charge in [0.2, 0.25) is 0 Å². The van der Waals surface area contributed by atoms with Crippen LogP contribution in [0.5, 0.6) is 0 Å². The Morgan fingerprint density at radius 3 is 2.31 bits per heavy atom. The highest BCUT2D eigenvalue weighted by Gasteiger charge is 2.31. The monoisotopic (exact) mass is 318 g/mol. The summed E-state index contributed by atoms with van der Waals surface area (Å²) in [5, 5.41) is 0. The van der Waals surface area contributed by atoms with Gasteiger partial charge in [-0.25, -0.2) is 0 Å². The minimum absolute atomic E-state index is 0. The van der Waals surface area contributed by atoms with Crippen LogP contribution in [-0.2, 0) is 6.18 Å². The van der Waals surface area contributed by atoms with Gasteiger partial charge in [0.1, 0.15) is 0 Å². The van der Waals surface area contributed by atoms with Crippen LogP contribution >= 0.6 is 28.3 Å². The van der Waals surface area contributed by atoms with E-state index in [4.69, 9.17) is 11.5 Å². The summed E-state index contributed by atoms with van der Waals surface area (Å²) >= 11 is 3.14. The highest BCUT2D eigenvalue weighted by molar-refractivity contribution is 9.10. The molecule has 0 saturated heterocycles. The minimum atomic E-state index is -4.36. The fraction of sp³-hybridized carbons (Fsp3) is 0.333. The van der Waals surface area contributed by atoms with Gasteiger partial charge in [-0.2, -0.15) is 13.2 Å². The number of nitrogens with two attached hydrogens (primary N) is 2. The van der Waals surface area contributed by atoms with Gasteiger partial charge in [-0.3, -0.25) is 0 Å². The van der Waals surface area contributed by atoms with Gasteiger partial charge in [-0.1, -0.05) is 15.9 Å². The van der Waals surface area contributed by atoms with E-state index in [0.29, 0.717) is 10.0 Å². The Morgan fingerprint density at radius 2 is 1.88 bits per heavy atom. The first-order valence-corrected chi connectivity index (χ1v) is 4.98. The van der Waals surface area contributed by atoms with Gasteiger partial charge >= 0.3 is 6.18 Å². The summed E-state index contributed by atoms with van der Waals surface area (Å²) < 4.78 is 37.7. The largest absolute Gasteiger partial charge is 0.416 e. The highest BCUT2D eigenvalue weighted by Crippen LogP contribution is 2.33. The lowest BCUT2D eigenvalue weighted by atomic mass is 10.0. The molecule has 0 fully saturated rings.